The predicted molar refractivity (Wildman–Crippen MR) is 76.1 cm³/mol. The molecule has 0 saturated carbocycles. The standard InChI is InChI=1S/C14H18ClN3/c1-10(2)18(9-13-8-16-11(3)17-13)14-6-4-5-12(15)7-14/h4-8,10H,9H2,1-3H3,(H,16,17). The summed E-state index contributed by atoms with van der Waals surface area (Å²) in [6, 6.07) is 8.33. The molecule has 0 aliphatic carbocycles. The van der Waals surface area contributed by atoms with Gasteiger partial charge in [0.2, 0.25) is 0 Å². The molecule has 0 spiro atoms. The first-order valence-electron chi connectivity index (χ1n) is 6.09. The minimum Gasteiger partial charge on any atom is -0.363 e. The Balaban J connectivity index is 2.23. The molecule has 3 nitrogen and oxygen atoms in total. The number of aromatic nitrogens is 2. The lowest BCUT2D eigenvalue weighted by atomic mass is 10.2. The van der Waals surface area contributed by atoms with E-state index in [4.69, 9.17) is 11.6 Å². The van der Waals surface area contributed by atoms with Crippen LogP contribution >= 0.6 is 11.6 Å². The third-order valence-electron chi connectivity index (χ3n) is 2.86. The number of halogens is 1. The number of benzene rings is 1. The number of rotatable bonds is 4. The second kappa shape index (κ2) is 5.44. The molecule has 1 heterocycles. The first kappa shape index (κ1) is 13.0. The van der Waals surface area contributed by atoms with E-state index in [1.807, 2.05) is 31.3 Å². The average molecular weight is 264 g/mol. The van der Waals surface area contributed by atoms with Gasteiger partial charge in [-0.15, -0.1) is 0 Å². The fraction of sp³-hybridized carbons (Fsp3) is 0.357. The van der Waals surface area contributed by atoms with E-state index in [1.165, 1.54) is 0 Å². The minimum atomic E-state index is 0.395. The number of hydrogen-bond acceptors (Lipinski definition) is 2. The van der Waals surface area contributed by atoms with Crippen LogP contribution in [0.3, 0.4) is 0 Å². The molecule has 0 saturated heterocycles. The van der Waals surface area contributed by atoms with Crippen LogP contribution in [0.25, 0.3) is 0 Å². The van der Waals surface area contributed by atoms with Crippen LogP contribution < -0.4 is 4.90 Å². The maximum Gasteiger partial charge on any atom is 0.103 e. The molecule has 18 heavy (non-hydrogen) atoms. The van der Waals surface area contributed by atoms with Gasteiger partial charge in [-0.3, -0.25) is 0 Å². The summed E-state index contributed by atoms with van der Waals surface area (Å²) in [6.07, 6.45) is 1.88. The maximum atomic E-state index is 6.05. The number of nitrogens with zero attached hydrogens (tertiary/aromatic N) is 2. The van der Waals surface area contributed by atoms with Gasteiger partial charge in [0, 0.05) is 16.8 Å². The van der Waals surface area contributed by atoms with Gasteiger partial charge in [-0.2, -0.15) is 0 Å². The van der Waals surface area contributed by atoms with Crippen molar-refractivity contribution >= 4 is 17.3 Å². The van der Waals surface area contributed by atoms with Gasteiger partial charge in [-0.05, 0) is 39.0 Å². The number of aryl methyl sites for hydroxylation is 1. The molecule has 0 fully saturated rings. The fourth-order valence-corrected chi connectivity index (χ4v) is 2.15. The Kier molecular flexibility index (Phi) is 3.92. The van der Waals surface area contributed by atoms with Gasteiger partial charge in [-0.1, -0.05) is 17.7 Å². The molecule has 1 aromatic carbocycles. The van der Waals surface area contributed by atoms with E-state index in [1.54, 1.807) is 0 Å². The summed E-state index contributed by atoms with van der Waals surface area (Å²) in [6.45, 7) is 7.11. The van der Waals surface area contributed by atoms with E-state index in [2.05, 4.69) is 34.8 Å². The van der Waals surface area contributed by atoms with Gasteiger partial charge in [-0.25, -0.2) is 4.98 Å². The third kappa shape index (κ3) is 3.05. The quantitative estimate of drug-likeness (QED) is 0.910. The number of aromatic amines is 1. The third-order valence-corrected chi connectivity index (χ3v) is 3.09. The van der Waals surface area contributed by atoms with Gasteiger partial charge in [0.25, 0.3) is 0 Å². The first-order chi connectivity index (χ1) is 8.56. The molecule has 0 radical (unpaired) electrons. The molecule has 1 N–H and O–H groups in total. The summed E-state index contributed by atoms with van der Waals surface area (Å²) in [5.41, 5.74) is 2.24. The Morgan fingerprint density at radius 1 is 1.39 bits per heavy atom. The van der Waals surface area contributed by atoms with Crippen LogP contribution in [0.1, 0.15) is 25.4 Å². The van der Waals surface area contributed by atoms with E-state index in [0.29, 0.717) is 6.04 Å². The Morgan fingerprint density at radius 2 is 2.17 bits per heavy atom. The van der Waals surface area contributed by atoms with E-state index < -0.39 is 0 Å². The van der Waals surface area contributed by atoms with Crippen LogP contribution in [-0.4, -0.2) is 16.0 Å². The van der Waals surface area contributed by atoms with Crippen LogP contribution in [0.4, 0.5) is 5.69 Å². The molecule has 0 bridgehead atoms. The zero-order valence-corrected chi connectivity index (χ0v) is 11.7. The Morgan fingerprint density at radius 3 is 2.72 bits per heavy atom. The summed E-state index contributed by atoms with van der Waals surface area (Å²) in [4.78, 5) is 9.78. The monoisotopic (exact) mass is 263 g/mol. The van der Waals surface area contributed by atoms with Crippen molar-refractivity contribution in [1.29, 1.82) is 0 Å². The molecule has 2 rings (SSSR count). The number of hydrogen-bond donors (Lipinski definition) is 1. The highest BCUT2D eigenvalue weighted by molar-refractivity contribution is 6.30. The normalized spacial score (nSPS) is 10.9. The van der Waals surface area contributed by atoms with Crippen molar-refractivity contribution in [3.05, 3.63) is 47.0 Å². The van der Waals surface area contributed by atoms with Crippen LogP contribution in [0.5, 0.6) is 0 Å². The van der Waals surface area contributed by atoms with E-state index in [-0.39, 0.29) is 0 Å². The molecular weight excluding hydrogens is 246 g/mol. The maximum absolute atomic E-state index is 6.05. The molecule has 0 aliphatic heterocycles. The van der Waals surface area contributed by atoms with Gasteiger partial charge in [0.15, 0.2) is 0 Å². The molecule has 0 aliphatic rings. The molecule has 0 amide bonds. The molecule has 0 atom stereocenters. The first-order valence-corrected chi connectivity index (χ1v) is 6.47. The lowest BCUT2D eigenvalue weighted by Crippen LogP contribution is -2.30. The second-order valence-corrected chi connectivity index (χ2v) is 5.13. The van der Waals surface area contributed by atoms with Crippen LogP contribution in [0.15, 0.2) is 30.5 Å². The summed E-state index contributed by atoms with van der Waals surface area (Å²) < 4.78 is 0. The molecule has 4 heteroatoms. The summed E-state index contributed by atoms with van der Waals surface area (Å²) in [5.74, 6) is 0.944. The Hall–Kier alpha value is -1.48. The largest absolute Gasteiger partial charge is 0.363 e. The molecular formula is C14H18ClN3. The average Bonchev–Trinajstić information content (AvgIpc) is 2.71. The van der Waals surface area contributed by atoms with Crippen molar-refractivity contribution in [1.82, 2.24) is 9.97 Å². The lowest BCUT2D eigenvalue weighted by Gasteiger charge is -2.28. The fourth-order valence-electron chi connectivity index (χ4n) is 1.96. The highest BCUT2D eigenvalue weighted by atomic mass is 35.5. The van der Waals surface area contributed by atoms with Crippen molar-refractivity contribution in [2.75, 3.05) is 4.90 Å². The SMILES string of the molecule is Cc1ncc(CN(c2cccc(Cl)c2)C(C)C)[nH]1. The van der Waals surface area contributed by atoms with Crippen LogP contribution in [0.2, 0.25) is 5.02 Å². The lowest BCUT2D eigenvalue weighted by molar-refractivity contribution is 0.675. The number of nitrogens with one attached hydrogen (secondary N) is 1. The molecule has 2 aromatic rings. The summed E-state index contributed by atoms with van der Waals surface area (Å²) >= 11 is 6.05. The van der Waals surface area contributed by atoms with Crippen molar-refractivity contribution in [2.45, 2.75) is 33.4 Å². The van der Waals surface area contributed by atoms with Gasteiger partial charge >= 0.3 is 0 Å². The number of H-pyrrole nitrogens is 1. The Bertz CT molecular complexity index is 519. The molecule has 1 aromatic heterocycles. The second-order valence-electron chi connectivity index (χ2n) is 4.70. The van der Waals surface area contributed by atoms with Crippen molar-refractivity contribution in [3.8, 4) is 0 Å². The van der Waals surface area contributed by atoms with E-state index in [9.17, 15) is 0 Å². The van der Waals surface area contributed by atoms with E-state index in [0.717, 1.165) is 28.8 Å². The zero-order chi connectivity index (χ0) is 13.1. The zero-order valence-electron chi connectivity index (χ0n) is 10.9. The van der Waals surface area contributed by atoms with E-state index >= 15 is 0 Å². The summed E-state index contributed by atoms with van der Waals surface area (Å²) in [7, 11) is 0. The highest BCUT2D eigenvalue weighted by Crippen LogP contribution is 2.23. The molecule has 0 unspecified atom stereocenters. The number of imidazole rings is 1. The topological polar surface area (TPSA) is 31.9 Å². The Labute approximate surface area is 113 Å². The van der Waals surface area contributed by atoms with Gasteiger partial charge in [0.05, 0.1) is 18.4 Å². The van der Waals surface area contributed by atoms with Crippen LogP contribution in [0, 0.1) is 6.92 Å². The van der Waals surface area contributed by atoms with Gasteiger partial charge in [0.1, 0.15) is 5.82 Å². The highest BCUT2D eigenvalue weighted by Gasteiger charge is 2.12. The predicted octanol–water partition coefficient (Wildman–Crippen LogP) is 3.79. The van der Waals surface area contributed by atoms with Crippen LogP contribution in [-0.2, 0) is 6.54 Å². The molecule has 96 valence electrons. The summed E-state index contributed by atoms with van der Waals surface area (Å²) in [5, 5.41) is 0.763. The number of anilines is 1. The smallest absolute Gasteiger partial charge is 0.103 e. The van der Waals surface area contributed by atoms with Gasteiger partial charge < -0.3 is 9.88 Å². The van der Waals surface area contributed by atoms with Crippen molar-refractivity contribution in [2.24, 2.45) is 0 Å². The van der Waals surface area contributed by atoms with Crippen molar-refractivity contribution in [3.63, 3.8) is 0 Å². The van der Waals surface area contributed by atoms with Crippen molar-refractivity contribution < 1.29 is 0 Å². The minimum absolute atomic E-state index is 0.395.